The molecule has 5 heteroatoms. The lowest BCUT2D eigenvalue weighted by Crippen LogP contribution is -2.28. The molecule has 3 rings (SSSR count). The first-order chi connectivity index (χ1) is 11.4. The summed E-state index contributed by atoms with van der Waals surface area (Å²) in [6.45, 7) is 8.21. The average Bonchev–Trinajstić information content (AvgIpc) is 3.09. The number of rotatable bonds is 3. The van der Waals surface area contributed by atoms with Gasteiger partial charge in [-0.2, -0.15) is 0 Å². The van der Waals surface area contributed by atoms with Crippen molar-refractivity contribution in [3.8, 4) is 0 Å². The van der Waals surface area contributed by atoms with Gasteiger partial charge in [-0.15, -0.1) is 10.2 Å². The van der Waals surface area contributed by atoms with Gasteiger partial charge in [0.15, 0.2) is 11.5 Å². The Bertz CT molecular complexity index is 696. The second-order valence-corrected chi connectivity index (χ2v) is 7.26. The fourth-order valence-corrected chi connectivity index (χ4v) is 2.80. The molecule has 1 aromatic heterocycles. The summed E-state index contributed by atoms with van der Waals surface area (Å²) in [6.07, 6.45) is 2.15. The second kappa shape index (κ2) is 6.59. The predicted molar refractivity (Wildman–Crippen MR) is 95.6 cm³/mol. The number of hydrogen-bond acceptors (Lipinski definition) is 4. The van der Waals surface area contributed by atoms with Crippen LogP contribution in [-0.4, -0.2) is 34.1 Å². The van der Waals surface area contributed by atoms with E-state index in [9.17, 15) is 4.79 Å². The molecule has 0 atom stereocenters. The van der Waals surface area contributed by atoms with E-state index in [0.717, 1.165) is 31.6 Å². The number of amides is 1. The second-order valence-electron chi connectivity index (χ2n) is 7.26. The topological polar surface area (TPSA) is 58.1 Å². The zero-order valence-electron chi connectivity index (χ0n) is 14.5. The normalized spacial score (nSPS) is 14.7. The fourth-order valence-electron chi connectivity index (χ4n) is 2.80. The van der Waals surface area contributed by atoms with Gasteiger partial charge in [0.2, 0.25) is 0 Å². The Balaban J connectivity index is 1.66. The van der Waals surface area contributed by atoms with Crippen LogP contribution in [0.25, 0.3) is 0 Å². The Morgan fingerprint density at radius 3 is 2.21 bits per heavy atom. The van der Waals surface area contributed by atoms with Crippen LogP contribution in [0, 0.1) is 0 Å². The molecule has 0 saturated carbocycles. The molecule has 0 spiro atoms. The van der Waals surface area contributed by atoms with Crippen LogP contribution in [0.5, 0.6) is 0 Å². The van der Waals surface area contributed by atoms with E-state index >= 15 is 0 Å². The zero-order valence-corrected chi connectivity index (χ0v) is 14.5. The van der Waals surface area contributed by atoms with Crippen LogP contribution >= 0.6 is 0 Å². The van der Waals surface area contributed by atoms with Crippen molar-refractivity contribution in [2.24, 2.45) is 0 Å². The van der Waals surface area contributed by atoms with Crippen molar-refractivity contribution in [1.29, 1.82) is 0 Å². The van der Waals surface area contributed by atoms with Gasteiger partial charge in [0.1, 0.15) is 0 Å². The number of anilines is 2. The van der Waals surface area contributed by atoms with Crippen LogP contribution in [-0.2, 0) is 5.41 Å². The molecular weight excluding hydrogens is 300 g/mol. The van der Waals surface area contributed by atoms with Crippen LogP contribution in [0.1, 0.15) is 49.7 Å². The van der Waals surface area contributed by atoms with Gasteiger partial charge < -0.3 is 10.2 Å². The van der Waals surface area contributed by atoms with Gasteiger partial charge >= 0.3 is 0 Å². The van der Waals surface area contributed by atoms with Crippen molar-refractivity contribution in [3.05, 3.63) is 47.7 Å². The fraction of sp³-hybridized carbons (Fsp3) is 0.421. The van der Waals surface area contributed by atoms with E-state index in [2.05, 4.69) is 48.4 Å². The molecule has 1 fully saturated rings. The van der Waals surface area contributed by atoms with Crippen molar-refractivity contribution in [1.82, 2.24) is 15.1 Å². The smallest absolute Gasteiger partial charge is 0.274 e. The lowest BCUT2D eigenvalue weighted by molar-refractivity contribution is 0.0786. The van der Waals surface area contributed by atoms with Gasteiger partial charge in [-0.3, -0.25) is 4.79 Å². The molecule has 1 saturated heterocycles. The van der Waals surface area contributed by atoms with Crippen LogP contribution in [0.2, 0.25) is 0 Å². The number of likely N-dealkylation sites (tertiary alicyclic amines) is 1. The number of nitrogens with zero attached hydrogens (tertiary/aromatic N) is 3. The maximum Gasteiger partial charge on any atom is 0.274 e. The lowest BCUT2D eigenvalue weighted by Gasteiger charge is -2.19. The average molecular weight is 324 g/mol. The Kier molecular flexibility index (Phi) is 4.51. The van der Waals surface area contributed by atoms with E-state index in [1.807, 2.05) is 17.0 Å². The zero-order chi connectivity index (χ0) is 17.2. The molecule has 0 radical (unpaired) electrons. The monoisotopic (exact) mass is 324 g/mol. The van der Waals surface area contributed by atoms with Crippen molar-refractivity contribution < 1.29 is 4.79 Å². The first-order valence-electron chi connectivity index (χ1n) is 8.44. The summed E-state index contributed by atoms with van der Waals surface area (Å²) in [6, 6.07) is 11.8. The third-order valence-corrected chi connectivity index (χ3v) is 4.30. The molecule has 126 valence electrons. The van der Waals surface area contributed by atoms with Crippen LogP contribution in [0.3, 0.4) is 0 Å². The molecule has 1 amide bonds. The Labute approximate surface area is 143 Å². The maximum absolute atomic E-state index is 12.3. The SMILES string of the molecule is CC(C)(C)c1ccc(Nc2ccc(C(=O)N3CCCC3)nn2)cc1. The third-order valence-electron chi connectivity index (χ3n) is 4.30. The van der Waals surface area contributed by atoms with Crippen LogP contribution in [0.15, 0.2) is 36.4 Å². The summed E-state index contributed by atoms with van der Waals surface area (Å²) >= 11 is 0. The number of carbonyl (C=O) groups is 1. The highest BCUT2D eigenvalue weighted by atomic mass is 16.2. The number of carbonyl (C=O) groups excluding carboxylic acids is 1. The third kappa shape index (κ3) is 3.72. The summed E-state index contributed by atoms with van der Waals surface area (Å²) in [5.41, 5.74) is 2.78. The minimum absolute atomic E-state index is 0.0268. The largest absolute Gasteiger partial charge is 0.339 e. The van der Waals surface area contributed by atoms with Gasteiger partial charge in [-0.1, -0.05) is 32.9 Å². The highest BCUT2D eigenvalue weighted by Gasteiger charge is 2.20. The minimum atomic E-state index is -0.0268. The van der Waals surface area contributed by atoms with E-state index in [1.54, 1.807) is 12.1 Å². The molecule has 0 bridgehead atoms. The number of hydrogen-bond donors (Lipinski definition) is 1. The first-order valence-corrected chi connectivity index (χ1v) is 8.44. The van der Waals surface area contributed by atoms with Crippen molar-refractivity contribution in [2.75, 3.05) is 18.4 Å². The molecule has 2 heterocycles. The van der Waals surface area contributed by atoms with Gasteiger partial charge in [-0.25, -0.2) is 0 Å². The Morgan fingerprint density at radius 2 is 1.67 bits per heavy atom. The van der Waals surface area contributed by atoms with E-state index < -0.39 is 0 Å². The summed E-state index contributed by atoms with van der Waals surface area (Å²) in [4.78, 5) is 14.1. The van der Waals surface area contributed by atoms with Crippen molar-refractivity contribution >= 4 is 17.4 Å². The van der Waals surface area contributed by atoms with Gasteiger partial charge in [0.05, 0.1) is 0 Å². The predicted octanol–water partition coefficient (Wildman–Crippen LogP) is 3.75. The summed E-state index contributed by atoms with van der Waals surface area (Å²) in [7, 11) is 0. The number of benzene rings is 1. The molecule has 24 heavy (non-hydrogen) atoms. The molecule has 0 aliphatic carbocycles. The minimum Gasteiger partial charge on any atom is -0.339 e. The standard InChI is InChI=1S/C19H24N4O/c1-19(2,3)14-6-8-15(9-7-14)20-17-11-10-16(21-22-17)18(24)23-12-4-5-13-23/h6-11H,4-5,12-13H2,1-3H3,(H,20,22). The van der Waals surface area contributed by atoms with Gasteiger partial charge in [-0.05, 0) is 48.1 Å². The van der Waals surface area contributed by atoms with Crippen LogP contribution < -0.4 is 5.32 Å². The highest BCUT2D eigenvalue weighted by Crippen LogP contribution is 2.24. The molecule has 1 aliphatic heterocycles. The maximum atomic E-state index is 12.3. The van der Waals surface area contributed by atoms with Gasteiger partial charge in [0, 0.05) is 18.8 Å². The summed E-state index contributed by atoms with van der Waals surface area (Å²) in [5.74, 6) is 0.609. The molecule has 5 nitrogen and oxygen atoms in total. The highest BCUT2D eigenvalue weighted by molar-refractivity contribution is 5.92. The molecular formula is C19H24N4O. The van der Waals surface area contributed by atoms with Crippen molar-refractivity contribution in [2.45, 2.75) is 39.0 Å². The Hall–Kier alpha value is -2.43. The van der Waals surface area contributed by atoms with E-state index in [1.165, 1.54) is 5.56 Å². The van der Waals surface area contributed by atoms with Crippen molar-refractivity contribution in [3.63, 3.8) is 0 Å². The van der Waals surface area contributed by atoms with E-state index in [0.29, 0.717) is 11.5 Å². The molecule has 1 aromatic carbocycles. The summed E-state index contributed by atoms with van der Waals surface area (Å²) in [5, 5.41) is 11.4. The Morgan fingerprint density at radius 1 is 1.00 bits per heavy atom. The molecule has 1 aliphatic rings. The number of aromatic nitrogens is 2. The van der Waals surface area contributed by atoms with Gasteiger partial charge in [0.25, 0.3) is 5.91 Å². The van der Waals surface area contributed by atoms with Crippen LogP contribution in [0.4, 0.5) is 11.5 Å². The van der Waals surface area contributed by atoms with E-state index in [4.69, 9.17) is 0 Å². The number of nitrogens with one attached hydrogen (secondary N) is 1. The lowest BCUT2D eigenvalue weighted by atomic mass is 9.87. The molecule has 1 N–H and O–H groups in total. The van der Waals surface area contributed by atoms with E-state index in [-0.39, 0.29) is 11.3 Å². The summed E-state index contributed by atoms with van der Waals surface area (Å²) < 4.78 is 0. The quantitative estimate of drug-likeness (QED) is 0.934. The first kappa shape index (κ1) is 16.4. The molecule has 0 unspecified atom stereocenters. The molecule has 2 aromatic rings.